The summed E-state index contributed by atoms with van der Waals surface area (Å²) in [4.78, 5) is 0.186. The molecule has 4 nitrogen and oxygen atoms in total. The molecule has 0 saturated carbocycles. The fourth-order valence-electron chi connectivity index (χ4n) is 1.66. The molecule has 0 spiro atoms. The zero-order chi connectivity index (χ0) is 14.8. The first-order valence-corrected chi connectivity index (χ1v) is 8.13. The highest BCUT2D eigenvalue weighted by Gasteiger charge is 2.15. The molecule has 0 aliphatic rings. The molecule has 0 aliphatic carbocycles. The summed E-state index contributed by atoms with van der Waals surface area (Å²) >= 11 is 3.35. The van der Waals surface area contributed by atoms with Gasteiger partial charge in [-0.25, -0.2) is 8.42 Å². The van der Waals surface area contributed by atoms with Gasteiger partial charge in [0, 0.05) is 4.47 Å². The Hall–Kier alpha value is -1.53. The van der Waals surface area contributed by atoms with Crippen LogP contribution >= 0.6 is 15.9 Å². The molecule has 2 rings (SSSR count). The highest BCUT2D eigenvalue weighted by Crippen LogP contribution is 2.26. The fourth-order valence-corrected chi connectivity index (χ4v) is 3.46. The van der Waals surface area contributed by atoms with Gasteiger partial charge in [-0.15, -0.1) is 0 Å². The van der Waals surface area contributed by atoms with Crippen molar-refractivity contribution in [2.24, 2.45) is 0 Å². The smallest absolute Gasteiger partial charge is 0.261 e. The quantitative estimate of drug-likeness (QED) is 0.911. The number of hydrogen-bond donors (Lipinski definition) is 1. The summed E-state index contributed by atoms with van der Waals surface area (Å²) in [6.07, 6.45) is 0. The largest absolute Gasteiger partial charge is 0.497 e. The lowest BCUT2D eigenvalue weighted by molar-refractivity contribution is 0.414. The second-order valence-corrected chi connectivity index (χ2v) is 6.80. The van der Waals surface area contributed by atoms with Crippen LogP contribution in [0.1, 0.15) is 5.56 Å². The monoisotopic (exact) mass is 355 g/mol. The van der Waals surface area contributed by atoms with Gasteiger partial charge >= 0.3 is 0 Å². The van der Waals surface area contributed by atoms with Gasteiger partial charge in [0.05, 0.1) is 17.7 Å². The van der Waals surface area contributed by atoms with Crippen LogP contribution in [0.25, 0.3) is 0 Å². The van der Waals surface area contributed by atoms with E-state index in [0.29, 0.717) is 15.9 Å². The van der Waals surface area contributed by atoms with E-state index in [1.54, 1.807) is 18.2 Å². The minimum atomic E-state index is -3.61. The third kappa shape index (κ3) is 3.32. The molecule has 6 heteroatoms. The maximum atomic E-state index is 12.3. The lowest BCUT2D eigenvalue weighted by atomic mass is 10.2. The number of halogens is 1. The summed E-state index contributed by atoms with van der Waals surface area (Å²) in [6.45, 7) is 1.94. The van der Waals surface area contributed by atoms with E-state index in [1.165, 1.54) is 19.2 Å². The van der Waals surface area contributed by atoms with E-state index >= 15 is 0 Å². The molecule has 2 aromatic rings. The summed E-state index contributed by atoms with van der Waals surface area (Å²) in [6, 6.07) is 11.6. The molecule has 0 radical (unpaired) electrons. The van der Waals surface area contributed by atoms with E-state index < -0.39 is 10.0 Å². The Bertz CT molecular complexity index is 712. The SMILES string of the molecule is COc1ccc(S(=O)(=O)Nc2ccc(C)cc2Br)cc1. The number of benzene rings is 2. The average Bonchev–Trinajstić information content (AvgIpc) is 2.42. The first kappa shape index (κ1) is 14.9. The summed E-state index contributed by atoms with van der Waals surface area (Å²) in [7, 11) is -2.08. The first-order chi connectivity index (χ1) is 9.42. The average molecular weight is 356 g/mol. The molecule has 0 aliphatic heterocycles. The molecule has 0 unspecified atom stereocenters. The molecule has 0 amide bonds. The van der Waals surface area contributed by atoms with E-state index in [4.69, 9.17) is 4.74 Å². The maximum Gasteiger partial charge on any atom is 0.261 e. The second kappa shape index (κ2) is 5.85. The third-order valence-corrected chi connectivity index (χ3v) is 4.78. The molecular formula is C14H14BrNO3S. The van der Waals surface area contributed by atoms with Gasteiger partial charge in [-0.1, -0.05) is 6.07 Å². The maximum absolute atomic E-state index is 12.3. The Balaban J connectivity index is 2.30. The van der Waals surface area contributed by atoms with Crippen molar-refractivity contribution < 1.29 is 13.2 Å². The van der Waals surface area contributed by atoms with E-state index in [2.05, 4.69) is 20.7 Å². The lowest BCUT2D eigenvalue weighted by Gasteiger charge is -2.10. The van der Waals surface area contributed by atoms with Crippen LogP contribution in [0.15, 0.2) is 51.8 Å². The van der Waals surface area contributed by atoms with E-state index in [0.717, 1.165) is 5.56 Å². The van der Waals surface area contributed by atoms with Crippen molar-refractivity contribution in [2.45, 2.75) is 11.8 Å². The molecule has 106 valence electrons. The Morgan fingerprint density at radius 2 is 1.75 bits per heavy atom. The normalized spacial score (nSPS) is 11.2. The van der Waals surface area contributed by atoms with Crippen LogP contribution in [0, 0.1) is 6.92 Å². The Kier molecular flexibility index (Phi) is 4.35. The predicted molar refractivity (Wildman–Crippen MR) is 82.7 cm³/mol. The van der Waals surface area contributed by atoms with Gasteiger partial charge in [0.2, 0.25) is 0 Å². The number of rotatable bonds is 4. The minimum absolute atomic E-state index is 0.186. The highest BCUT2D eigenvalue weighted by atomic mass is 79.9. The van der Waals surface area contributed by atoms with E-state index in [9.17, 15) is 8.42 Å². The number of aryl methyl sites for hydroxylation is 1. The standard InChI is InChI=1S/C14H14BrNO3S/c1-10-3-8-14(13(15)9-10)16-20(17,18)12-6-4-11(19-2)5-7-12/h3-9,16H,1-2H3. The van der Waals surface area contributed by atoms with Crippen molar-refractivity contribution in [3.05, 3.63) is 52.5 Å². The van der Waals surface area contributed by atoms with Crippen LogP contribution in [0.3, 0.4) is 0 Å². The third-order valence-electron chi connectivity index (χ3n) is 2.74. The van der Waals surface area contributed by atoms with Crippen molar-refractivity contribution in [2.75, 3.05) is 11.8 Å². The molecule has 20 heavy (non-hydrogen) atoms. The van der Waals surface area contributed by atoms with Gasteiger partial charge in [0.15, 0.2) is 0 Å². The van der Waals surface area contributed by atoms with Crippen LogP contribution in [0.5, 0.6) is 5.75 Å². The fraction of sp³-hybridized carbons (Fsp3) is 0.143. The molecule has 0 atom stereocenters. The van der Waals surface area contributed by atoms with Crippen LogP contribution in [0.4, 0.5) is 5.69 Å². The summed E-state index contributed by atoms with van der Waals surface area (Å²) in [5.74, 6) is 0.612. The van der Waals surface area contributed by atoms with Crippen molar-refractivity contribution in [1.82, 2.24) is 0 Å². The number of ether oxygens (including phenoxy) is 1. The van der Waals surface area contributed by atoms with Gasteiger partial charge in [-0.05, 0) is 64.8 Å². The number of nitrogens with one attached hydrogen (secondary N) is 1. The molecule has 0 bridgehead atoms. The second-order valence-electron chi connectivity index (χ2n) is 4.26. The Morgan fingerprint density at radius 3 is 2.30 bits per heavy atom. The topological polar surface area (TPSA) is 55.4 Å². The van der Waals surface area contributed by atoms with Crippen LogP contribution in [-0.2, 0) is 10.0 Å². The van der Waals surface area contributed by atoms with E-state index in [-0.39, 0.29) is 4.90 Å². The zero-order valence-corrected chi connectivity index (χ0v) is 13.5. The molecule has 0 saturated heterocycles. The van der Waals surface area contributed by atoms with Gasteiger partial charge < -0.3 is 4.74 Å². The van der Waals surface area contributed by atoms with Gasteiger partial charge in [-0.2, -0.15) is 0 Å². The van der Waals surface area contributed by atoms with Crippen molar-refractivity contribution >= 4 is 31.6 Å². The molecule has 0 aromatic heterocycles. The molecule has 2 aromatic carbocycles. The summed E-state index contributed by atoms with van der Waals surface area (Å²) in [5.41, 5.74) is 1.55. The van der Waals surface area contributed by atoms with Gasteiger partial charge in [-0.3, -0.25) is 4.72 Å². The molecule has 0 fully saturated rings. The number of anilines is 1. The van der Waals surface area contributed by atoms with Crippen LogP contribution in [-0.4, -0.2) is 15.5 Å². The van der Waals surface area contributed by atoms with Crippen molar-refractivity contribution in [3.8, 4) is 5.75 Å². The number of methoxy groups -OCH3 is 1. The minimum Gasteiger partial charge on any atom is -0.497 e. The van der Waals surface area contributed by atoms with Gasteiger partial charge in [0.1, 0.15) is 5.75 Å². The van der Waals surface area contributed by atoms with Crippen LogP contribution < -0.4 is 9.46 Å². The Labute approximate surface area is 127 Å². The molecular weight excluding hydrogens is 342 g/mol. The lowest BCUT2D eigenvalue weighted by Crippen LogP contribution is -2.13. The van der Waals surface area contributed by atoms with Crippen LogP contribution in [0.2, 0.25) is 0 Å². The highest BCUT2D eigenvalue weighted by molar-refractivity contribution is 9.10. The van der Waals surface area contributed by atoms with Crippen molar-refractivity contribution in [1.29, 1.82) is 0 Å². The molecule has 0 heterocycles. The Morgan fingerprint density at radius 1 is 1.10 bits per heavy atom. The summed E-state index contributed by atoms with van der Waals surface area (Å²) < 4.78 is 32.8. The molecule has 1 N–H and O–H groups in total. The zero-order valence-electron chi connectivity index (χ0n) is 11.1. The summed E-state index contributed by atoms with van der Waals surface area (Å²) in [5, 5.41) is 0. The predicted octanol–water partition coefficient (Wildman–Crippen LogP) is 3.57. The number of sulfonamides is 1. The number of hydrogen-bond acceptors (Lipinski definition) is 3. The van der Waals surface area contributed by atoms with Gasteiger partial charge in [0.25, 0.3) is 10.0 Å². The first-order valence-electron chi connectivity index (χ1n) is 5.85. The van der Waals surface area contributed by atoms with Crippen molar-refractivity contribution in [3.63, 3.8) is 0 Å². The van der Waals surface area contributed by atoms with E-state index in [1.807, 2.05) is 19.1 Å².